The molecule has 1 aliphatic heterocycles. The first-order valence-corrected chi connectivity index (χ1v) is 6.61. The van der Waals surface area contributed by atoms with Crippen molar-refractivity contribution in [2.24, 2.45) is 0 Å². The van der Waals surface area contributed by atoms with E-state index in [1.165, 1.54) is 6.42 Å². The quantitative estimate of drug-likeness (QED) is 0.905. The van der Waals surface area contributed by atoms with Gasteiger partial charge in [0.05, 0.1) is 6.20 Å². The Bertz CT molecular complexity index is 409. The van der Waals surface area contributed by atoms with Crippen molar-refractivity contribution >= 4 is 23.4 Å². The number of anilines is 2. The molecule has 1 aromatic rings. The van der Waals surface area contributed by atoms with Crippen LogP contribution in [0, 0.1) is 0 Å². The fourth-order valence-corrected chi connectivity index (χ4v) is 2.48. The zero-order chi connectivity index (χ0) is 13.1. The van der Waals surface area contributed by atoms with E-state index in [1.807, 2.05) is 7.05 Å². The van der Waals surface area contributed by atoms with Crippen molar-refractivity contribution in [2.75, 3.05) is 44.4 Å². The second kappa shape index (κ2) is 5.71. The van der Waals surface area contributed by atoms with Gasteiger partial charge in [0.1, 0.15) is 5.02 Å². The highest BCUT2D eigenvalue weighted by Crippen LogP contribution is 2.27. The fraction of sp³-hybridized carbons (Fsp3) is 0.667. The molecule has 0 saturated carbocycles. The Morgan fingerprint density at radius 3 is 2.94 bits per heavy atom. The molecule has 0 aromatic carbocycles. The highest BCUT2D eigenvalue weighted by molar-refractivity contribution is 6.32. The van der Waals surface area contributed by atoms with Crippen molar-refractivity contribution in [3.63, 3.8) is 0 Å². The first-order chi connectivity index (χ1) is 8.61. The Balaban J connectivity index is 2.19. The van der Waals surface area contributed by atoms with Crippen molar-refractivity contribution in [1.29, 1.82) is 0 Å². The van der Waals surface area contributed by atoms with Gasteiger partial charge >= 0.3 is 0 Å². The van der Waals surface area contributed by atoms with Gasteiger partial charge in [0.25, 0.3) is 0 Å². The number of likely N-dealkylation sites (N-methyl/N-ethyl adjacent to an activating group) is 1. The van der Waals surface area contributed by atoms with Crippen molar-refractivity contribution in [3.8, 4) is 0 Å². The van der Waals surface area contributed by atoms with Gasteiger partial charge in [-0.2, -0.15) is 4.98 Å². The van der Waals surface area contributed by atoms with Crippen LogP contribution in [0.5, 0.6) is 0 Å². The topological polar surface area (TPSA) is 44.3 Å². The van der Waals surface area contributed by atoms with E-state index in [4.69, 9.17) is 11.6 Å². The van der Waals surface area contributed by atoms with Crippen LogP contribution in [0.1, 0.15) is 12.8 Å². The lowest BCUT2D eigenvalue weighted by molar-refractivity contribution is 0.257. The van der Waals surface area contributed by atoms with Crippen molar-refractivity contribution in [1.82, 2.24) is 14.9 Å². The number of nitrogens with zero attached hydrogens (tertiary/aromatic N) is 4. The Hall–Kier alpha value is -1.07. The van der Waals surface area contributed by atoms with Crippen LogP contribution in [0.4, 0.5) is 11.8 Å². The SMILES string of the molecule is CNc1ncc(Cl)c(N2CCCC(N(C)C)C2)n1. The average Bonchev–Trinajstić information content (AvgIpc) is 2.39. The van der Waals surface area contributed by atoms with E-state index in [2.05, 4.69) is 39.2 Å². The molecule has 0 aliphatic carbocycles. The second-order valence-electron chi connectivity index (χ2n) is 4.82. The number of nitrogens with one attached hydrogen (secondary N) is 1. The van der Waals surface area contributed by atoms with E-state index >= 15 is 0 Å². The first-order valence-electron chi connectivity index (χ1n) is 6.23. The van der Waals surface area contributed by atoms with E-state index in [1.54, 1.807) is 6.20 Å². The van der Waals surface area contributed by atoms with E-state index in [0.717, 1.165) is 25.3 Å². The van der Waals surface area contributed by atoms with Crippen molar-refractivity contribution in [3.05, 3.63) is 11.2 Å². The highest BCUT2D eigenvalue weighted by atomic mass is 35.5. The smallest absolute Gasteiger partial charge is 0.224 e. The fourth-order valence-electron chi connectivity index (χ4n) is 2.27. The number of hydrogen-bond acceptors (Lipinski definition) is 5. The maximum Gasteiger partial charge on any atom is 0.224 e. The minimum atomic E-state index is 0.558. The van der Waals surface area contributed by atoms with Crippen LogP contribution in [-0.2, 0) is 0 Å². The molecule has 100 valence electrons. The first kappa shape index (κ1) is 13.4. The van der Waals surface area contributed by atoms with E-state index in [9.17, 15) is 0 Å². The summed E-state index contributed by atoms with van der Waals surface area (Å²) in [7, 11) is 6.05. The lowest BCUT2D eigenvalue weighted by atomic mass is 10.1. The third-order valence-electron chi connectivity index (χ3n) is 3.38. The predicted molar refractivity (Wildman–Crippen MR) is 75.5 cm³/mol. The van der Waals surface area contributed by atoms with Crippen molar-refractivity contribution < 1.29 is 0 Å². The maximum absolute atomic E-state index is 6.21. The van der Waals surface area contributed by atoms with Gasteiger partial charge in [-0.25, -0.2) is 4.98 Å². The van der Waals surface area contributed by atoms with Gasteiger partial charge in [-0.05, 0) is 26.9 Å². The van der Waals surface area contributed by atoms with E-state index in [-0.39, 0.29) is 0 Å². The van der Waals surface area contributed by atoms with Crippen LogP contribution < -0.4 is 10.2 Å². The molecule has 5 nitrogen and oxygen atoms in total. The van der Waals surface area contributed by atoms with Crippen LogP contribution >= 0.6 is 11.6 Å². The molecule has 6 heteroatoms. The molecular weight excluding hydrogens is 250 g/mol. The van der Waals surface area contributed by atoms with Gasteiger partial charge in [-0.1, -0.05) is 11.6 Å². The molecule has 1 aliphatic rings. The summed E-state index contributed by atoms with van der Waals surface area (Å²) < 4.78 is 0. The van der Waals surface area contributed by atoms with Crippen LogP contribution in [0.2, 0.25) is 5.02 Å². The van der Waals surface area contributed by atoms with Gasteiger partial charge in [0, 0.05) is 26.2 Å². The average molecular weight is 270 g/mol. The molecule has 18 heavy (non-hydrogen) atoms. The molecule has 2 rings (SSSR count). The van der Waals surface area contributed by atoms with Crippen LogP contribution in [0.3, 0.4) is 0 Å². The molecule has 2 heterocycles. The molecular formula is C12H20ClN5. The number of rotatable bonds is 3. The minimum Gasteiger partial charge on any atom is -0.357 e. The predicted octanol–water partition coefficient (Wildman–Crippen LogP) is 1.70. The molecule has 1 unspecified atom stereocenters. The Kier molecular flexibility index (Phi) is 4.24. The number of halogens is 1. The lowest BCUT2D eigenvalue weighted by Crippen LogP contribution is -2.45. The molecule has 0 bridgehead atoms. The highest BCUT2D eigenvalue weighted by Gasteiger charge is 2.24. The van der Waals surface area contributed by atoms with E-state index < -0.39 is 0 Å². The Labute approximate surface area is 113 Å². The summed E-state index contributed by atoms with van der Waals surface area (Å²) in [6, 6.07) is 0.558. The van der Waals surface area contributed by atoms with Gasteiger partial charge in [-0.15, -0.1) is 0 Å². The molecule has 1 N–H and O–H groups in total. The molecule has 1 atom stereocenters. The van der Waals surface area contributed by atoms with Gasteiger partial charge in [-0.3, -0.25) is 0 Å². The minimum absolute atomic E-state index is 0.558. The summed E-state index contributed by atoms with van der Waals surface area (Å²) in [5, 5.41) is 3.57. The third kappa shape index (κ3) is 2.84. The third-order valence-corrected chi connectivity index (χ3v) is 3.64. The van der Waals surface area contributed by atoms with Gasteiger partial charge < -0.3 is 15.1 Å². The molecule has 0 amide bonds. The zero-order valence-corrected chi connectivity index (χ0v) is 11.9. The monoisotopic (exact) mass is 269 g/mol. The lowest BCUT2D eigenvalue weighted by Gasteiger charge is -2.37. The molecule has 1 saturated heterocycles. The summed E-state index contributed by atoms with van der Waals surface area (Å²) in [6.07, 6.45) is 4.05. The summed E-state index contributed by atoms with van der Waals surface area (Å²) >= 11 is 6.21. The number of hydrogen-bond donors (Lipinski definition) is 1. The van der Waals surface area contributed by atoms with Crippen LogP contribution in [-0.4, -0.2) is 55.1 Å². The molecule has 1 fully saturated rings. The molecule has 0 spiro atoms. The van der Waals surface area contributed by atoms with Crippen LogP contribution in [0.25, 0.3) is 0 Å². The maximum atomic E-state index is 6.21. The second-order valence-corrected chi connectivity index (χ2v) is 5.23. The summed E-state index contributed by atoms with van der Waals surface area (Å²) in [4.78, 5) is 13.1. The standard InChI is InChI=1S/C12H20ClN5/c1-14-12-15-7-10(13)11(16-12)18-6-4-5-9(8-18)17(2)3/h7,9H,4-6,8H2,1-3H3,(H,14,15,16). The Morgan fingerprint density at radius 1 is 1.50 bits per heavy atom. The van der Waals surface area contributed by atoms with Crippen LogP contribution in [0.15, 0.2) is 6.20 Å². The van der Waals surface area contributed by atoms with E-state index in [0.29, 0.717) is 17.0 Å². The summed E-state index contributed by atoms with van der Waals surface area (Å²) in [6.45, 7) is 1.97. The van der Waals surface area contributed by atoms with Gasteiger partial charge in [0.15, 0.2) is 5.82 Å². The number of aromatic nitrogens is 2. The summed E-state index contributed by atoms with van der Waals surface area (Å²) in [5.41, 5.74) is 0. The van der Waals surface area contributed by atoms with Crippen molar-refractivity contribution in [2.45, 2.75) is 18.9 Å². The number of piperidine rings is 1. The largest absolute Gasteiger partial charge is 0.357 e. The molecule has 1 aromatic heterocycles. The normalized spacial score (nSPS) is 20.3. The molecule has 0 radical (unpaired) electrons. The zero-order valence-electron chi connectivity index (χ0n) is 11.1. The Morgan fingerprint density at radius 2 is 2.28 bits per heavy atom. The summed E-state index contributed by atoms with van der Waals surface area (Å²) in [5.74, 6) is 1.45. The van der Waals surface area contributed by atoms with Gasteiger partial charge in [0.2, 0.25) is 5.95 Å².